The second-order valence-electron chi connectivity index (χ2n) is 7.11. The Morgan fingerprint density at radius 1 is 0.963 bits per heavy atom. The zero-order valence-corrected chi connectivity index (χ0v) is 15.3. The van der Waals surface area contributed by atoms with Gasteiger partial charge in [-0.1, -0.05) is 36.2 Å². The zero-order valence-electron chi connectivity index (χ0n) is 14.5. The van der Waals surface area contributed by atoms with Gasteiger partial charge in [-0.3, -0.25) is 14.2 Å². The minimum absolute atomic E-state index is 0.177. The Balaban J connectivity index is 1.94. The Kier molecular flexibility index (Phi) is 3.69. The Morgan fingerprint density at radius 2 is 1.74 bits per heavy atom. The zero-order chi connectivity index (χ0) is 18.5. The van der Waals surface area contributed by atoms with Crippen LogP contribution in [0.5, 0.6) is 0 Å². The summed E-state index contributed by atoms with van der Waals surface area (Å²) < 4.78 is 1.71. The number of hydrogen-bond acceptors (Lipinski definition) is 2. The van der Waals surface area contributed by atoms with Crippen LogP contribution in [0.2, 0.25) is 5.02 Å². The number of para-hydroxylation sites is 1. The maximum atomic E-state index is 13.5. The van der Waals surface area contributed by atoms with E-state index in [0.717, 1.165) is 24.2 Å². The lowest BCUT2D eigenvalue weighted by molar-refractivity contribution is 0.404. The van der Waals surface area contributed by atoms with Gasteiger partial charge < -0.3 is 4.98 Å². The second-order valence-corrected chi connectivity index (χ2v) is 7.54. The van der Waals surface area contributed by atoms with Gasteiger partial charge in [0.05, 0.1) is 5.52 Å². The third-order valence-electron chi connectivity index (χ3n) is 5.50. The molecule has 2 aromatic heterocycles. The van der Waals surface area contributed by atoms with Crippen LogP contribution in [0.25, 0.3) is 27.5 Å². The van der Waals surface area contributed by atoms with Crippen LogP contribution < -0.4 is 11.0 Å². The van der Waals surface area contributed by atoms with E-state index in [4.69, 9.17) is 11.6 Å². The number of rotatable bonds is 2. The number of nitrogens with one attached hydrogen (secondary N) is 1. The van der Waals surface area contributed by atoms with E-state index in [2.05, 4.69) is 4.98 Å². The van der Waals surface area contributed by atoms with Crippen molar-refractivity contribution in [1.29, 1.82) is 0 Å². The summed E-state index contributed by atoms with van der Waals surface area (Å²) in [6.45, 7) is 0. The van der Waals surface area contributed by atoms with Crippen LogP contribution in [0.1, 0.15) is 30.9 Å². The average Bonchev–Trinajstić information content (AvgIpc) is 2.62. The van der Waals surface area contributed by atoms with Crippen molar-refractivity contribution in [2.45, 2.75) is 25.2 Å². The Labute approximate surface area is 160 Å². The Hall–Kier alpha value is -2.85. The highest BCUT2D eigenvalue weighted by Gasteiger charge is 2.25. The molecule has 0 saturated heterocycles. The van der Waals surface area contributed by atoms with Crippen molar-refractivity contribution in [3.63, 3.8) is 0 Å². The summed E-state index contributed by atoms with van der Waals surface area (Å²) in [7, 11) is 0. The third kappa shape index (κ3) is 2.52. The minimum atomic E-state index is -0.281. The van der Waals surface area contributed by atoms with Gasteiger partial charge in [0.2, 0.25) is 5.43 Å². The molecular weight excluding hydrogens is 360 g/mol. The van der Waals surface area contributed by atoms with Gasteiger partial charge >= 0.3 is 0 Å². The van der Waals surface area contributed by atoms with E-state index >= 15 is 0 Å². The van der Waals surface area contributed by atoms with E-state index in [1.54, 1.807) is 22.8 Å². The topological polar surface area (TPSA) is 54.9 Å². The van der Waals surface area contributed by atoms with E-state index in [9.17, 15) is 9.59 Å². The van der Waals surface area contributed by atoms with Crippen molar-refractivity contribution in [2.75, 3.05) is 0 Å². The molecule has 2 aromatic carbocycles. The van der Waals surface area contributed by atoms with E-state index in [0.29, 0.717) is 27.4 Å². The molecule has 4 aromatic rings. The Morgan fingerprint density at radius 3 is 2.44 bits per heavy atom. The van der Waals surface area contributed by atoms with Gasteiger partial charge in [0.15, 0.2) is 0 Å². The molecule has 1 aliphatic rings. The summed E-state index contributed by atoms with van der Waals surface area (Å²) in [5.41, 5.74) is 2.48. The number of aromatic amines is 1. The van der Waals surface area contributed by atoms with Crippen molar-refractivity contribution in [3.05, 3.63) is 85.9 Å². The van der Waals surface area contributed by atoms with Gasteiger partial charge in [0.25, 0.3) is 5.56 Å². The number of nitrogens with zero attached hydrogens (tertiary/aromatic N) is 1. The molecule has 0 atom stereocenters. The first-order chi connectivity index (χ1) is 13.1. The minimum Gasteiger partial charge on any atom is -0.354 e. The van der Waals surface area contributed by atoms with Crippen molar-refractivity contribution in [2.24, 2.45) is 0 Å². The third-order valence-corrected chi connectivity index (χ3v) is 5.73. The lowest BCUT2D eigenvalue weighted by Crippen LogP contribution is -2.29. The van der Waals surface area contributed by atoms with Gasteiger partial charge in [0.1, 0.15) is 5.39 Å². The smallest absolute Gasteiger partial charge is 0.268 e. The molecular formula is C22H17ClN2O2. The molecule has 1 fully saturated rings. The molecule has 134 valence electrons. The van der Waals surface area contributed by atoms with Crippen molar-refractivity contribution in [1.82, 2.24) is 9.55 Å². The highest BCUT2D eigenvalue weighted by Crippen LogP contribution is 2.37. The summed E-state index contributed by atoms with van der Waals surface area (Å²) >= 11 is 6.07. The lowest BCUT2D eigenvalue weighted by atomic mass is 9.82. The number of hydrogen-bond donors (Lipinski definition) is 1. The van der Waals surface area contributed by atoms with Crippen LogP contribution in [0.3, 0.4) is 0 Å². The highest BCUT2D eigenvalue weighted by molar-refractivity contribution is 6.31. The first kappa shape index (κ1) is 16.3. The van der Waals surface area contributed by atoms with Crippen LogP contribution in [-0.2, 0) is 0 Å². The molecule has 0 bridgehead atoms. The molecule has 2 heterocycles. The molecule has 0 radical (unpaired) electrons. The van der Waals surface area contributed by atoms with Crippen LogP contribution in [0, 0.1) is 0 Å². The number of halogens is 1. The fourth-order valence-electron chi connectivity index (χ4n) is 3.89. The first-order valence-electron chi connectivity index (χ1n) is 9.10. The molecule has 5 heteroatoms. The lowest BCUT2D eigenvalue weighted by Gasteiger charge is -2.29. The molecule has 1 N–H and O–H groups in total. The highest BCUT2D eigenvalue weighted by atomic mass is 35.5. The first-order valence-corrected chi connectivity index (χ1v) is 9.48. The molecule has 27 heavy (non-hydrogen) atoms. The summed E-state index contributed by atoms with van der Waals surface area (Å²) in [5, 5.41) is 1.08. The van der Waals surface area contributed by atoms with Crippen LogP contribution in [0.15, 0.2) is 64.2 Å². The summed E-state index contributed by atoms with van der Waals surface area (Å²) in [6.07, 6.45) is 3.29. The van der Waals surface area contributed by atoms with E-state index < -0.39 is 0 Å². The van der Waals surface area contributed by atoms with Gasteiger partial charge in [-0.15, -0.1) is 0 Å². The monoisotopic (exact) mass is 376 g/mol. The summed E-state index contributed by atoms with van der Waals surface area (Å²) in [5.74, 6) is 0.340. The normalized spacial score (nSPS) is 14.6. The fraction of sp³-hybridized carbons (Fsp3) is 0.182. The number of benzene rings is 2. The van der Waals surface area contributed by atoms with E-state index in [1.165, 1.54) is 6.42 Å². The van der Waals surface area contributed by atoms with Gasteiger partial charge in [-0.05, 0) is 55.2 Å². The second kappa shape index (κ2) is 6.10. The van der Waals surface area contributed by atoms with Crippen molar-refractivity contribution in [3.8, 4) is 5.69 Å². The quantitative estimate of drug-likeness (QED) is 0.513. The molecule has 0 unspecified atom stereocenters. The molecule has 4 nitrogen and oxygen atoms in total. The number of aromatic nitrogens is 2. The number of H-pyrrole nitrogens is 1. The Bertz CT molecular complexity index is 1300. The SMILES string of the molecule is O=c1c2cc(Cl)ccc2[nH]c2cc(C3CCC3)n(-c3ccccc3)c(=O)c12. The van der Waals surface area contributed by atoms with Crippen molar-refractivity contribution >= 4 is 33.4 Å². The van der Waals surface area contributed by atoms with Crippen molar-refractivity contribution < 1.29 is 0 Å². The maximum Gasteiger partial charge on any atom is 0.268 e. The largest absolute Gasteiger partial charge is 0.354 e. The predicted octanol–water partition coefficient (Wildman–Crippen LogP) is 4.75. The van der Waals surface area contributed by atoms with E-state index in [-0.39, 0.29) is 16.4 Å². The van der Waals surface area contributed by atoms with Gasteiger partial charge in [0, 0.05) is 27.3 Å². The molecule has 1 saturated carbocycles. The van der Waals surface area contributed by atoms with Crippen LogP contribution in [-0.4, -0.2) is 9.55 Å². The molecule has 5 rings (SSSR count). The van der Waals surface area contributed by atoms with Gasteiger partial charge in [-0.25, -0.2) is 0 Å². The molecule has 0 aliphatic heterocycles. The predicted molar refractivity (Wildman–Crippen MR) is 109 cm³/mol. The summed E-state index contributed by atoms with van der Waals surface area (Å²) in [6, 6.07) is 16.6. The van der Waals surface area contributed by atoms with Crippen LogP contribution in [0.4, 0.5) is 0 Å². The molecule has 0 amide bonds. The number of fused-ring (bicyclic) bond motifs is 2. The van der Waals surface area contributed by atoms with Gasteiger partial charge in [-0.2, -0.15) is 0 Å². The summed E-state index contributed by atoms with van der Waals surface area (Å²) in [4.78, 5) is 29.8. The number of pyridine rings is 2. The van der Waals surface area contributed by atoms with Crippen LogP contribution >= 0.6 is 11.6 Å². The van der Waals surface area contributed by atoms with E-state index in [1.807, 2.05) is 36.4 Å². The average molecular weight is 377 g/mol. The standard InChI is InChI=1S/C22H17ClN2O2/c23-14-9-10-17-16(11-14)21(26)20-18(24-17)12-19(13-5-4-6-13)25(22(20)27)15-7-2-1-3-8-15/h1-3,7-13H,4-6H2,(H,24,26). The molecule has 1 aliphatic carbocycles. The maximum absolute atomic E-state index is 13.5. The fourth-order valence-corrected chi connectivity index (χ4v) is 4.06. The molecule has 0 spiro atoms.